The van der Waals surface area contributed by atoms with Gasteiger partial charge in [-0.1, -0.05) is 77.0 Å². The molecule has 0 radical (unpaired) electrons. The molecule has 17 nitrogen and oxygen atoms in total. The summed E-state index contributed by atoms with van der Waals surface area (Å²) in [4.78, 5) is 64.8. The van der Waals surface area contributed by atoms with Crippen molar-refractivity contribution in [2.24, 2.45) is 16.7 Å². The van der Waals surface area contributed by atoms with Crippen LogP contribution in [0, 0.1) is 16.7 Å². The van der Waals surface area contributed by atoms with E-state index >= 15 is 0 Å². The number of carbonyl (C=O) groups excluding carboxylic acids is 5. The Morgan fingerprint density at radius 1 is 0.906 bits per heavy atom. The van der Waals surface area contributed by atoms with E-state index in [0.717, 1.165) is 12.8 Å². The first-order valence-corrected chi connectivity index (χ1v) is 22.2. The summed E-state index contributed by atoms with van der Waals surface area (Å²) in [5.74, 6) is -8.92. The molecule has 4 heterocycles. The van der Waals surface area contributed by atoms with Crippen LogP contribution in [0.3, 0.4) is 0 Å². The molecular weight excluding hydrogens is 836 g/mol. The Hall–Kier alpha value is -3.97. The van der Waals surface area contributed by atoms with Gasteiger partial charge in [-0.25, -0.2) is 9.59 Å². The number of unbranched alkanes of at least 4 members (excludes halogenated alkanes) is 1. The molecule has 6 bridgehead atoms. The van der Waals surface area contributed by atoms with E-state index < -0.39 is 120 Å². The molecule has 0 aliphatic carbocycles. The van der Waals surface area contributed by atoms with Gasteiger partial charge in [-0.15, -0.1) is 0 Å². The number of rotatable bonds is 10. The molecule has 64 heavy (non-hydrogen) atoms. The van der Waals surface area contributed by atoms with Crippen molar-refractivity contribution >= 4 is 29.8 Å². The van der Waals surface area contributed by atoms with Crippen molar-refractivity contribution in [1.82, 2.24) is 0 Å². The van der Waals surface area contributed by atoms with Crippen LogP contribution in [0.1, 0.15) is 119 Å². The van der Waals surface area contributed by atoms with Gasteiger partial charge >= 0.3 is 29.8 Å². The van der Waals surface area contributed by atoms with E-state index in [1.165, 1.54) is 46.3 Å². The van der Waals surface area contributed by atoms with Gasteiger partial charge in [-0.2, -0.15) is 0 Å². The minimum atomic E-state index is -2.40. The number of aliphatic hydroxyl groups is 4. The molecule has 0 aromatic carbocycles. The monoisotopic (exact) mass is 906 g/mol. The Bertz CT molecular complexity index is 1760. The van der Waals surface area contributed by atoms with Crippen LogP contribution in [0.4, 0.5) is 0 Å². The second-order valence-electron chi connectivity index (χ2n) is 18.6. The molecule has 4 aliphatic rings. The maximum atomic E-state index is 13.5. The highest BCUT2D eigenvalue weighted by molar-refractivity contribution is 5.83. The van der Waals surface area contributed by atoms with Crippen LogP contribution < -0.4 is 0 Å². The van der Waals surface area contributed by atoms with Crippen molar-refractivity contribution in [3.8, 4) is 0 Å². The van der Waals surface area contributed by atoms with Crippen molar-refractivity contribution in [2.75, 3.05) is 14.2 Å². The van der Waals surface area contributed by atoms with Crippen molar-refractivity contribution < 1.29 is 82.3 Å². The molecule has 4 rings (SSSR count). The first-order valence-electron chi connectivity index (χ1n) is 22.2. The molecular formula is C47H70O17. The van der Waals surface area contributed by atoms with Crippen LogP contribution in [0.25, 0.3) is 0 Å². The first-order chi connectivity index (χ1) is 29.9. The van der Waals surface area contributed by atoms with E-state index in [-0.39, 0.29) is 51.4 Å². The van der Waals surface area contributed by atoms with Crippen LogP contribution in [0.15, 0.2) is 48.1 Å². The fraction of sp³-hybridized carbons (Fsp3) is 0.723. The normalized spacial score (nSPS) is 36.3. The summed E-state index contributed by atoms with van der Waals surface area (Å²) in [6.45, 7) is 11.3. The zero-order chi connectivity index (χ0) is 47.6. The van der Waals surface area contributed by atoms with Gasteiger partial charge in [0.1, 0.15) is 12.2 Å². The summed E-state index contributed by atoms with van der Waals surface area (Å²) in [5.41, 5.74) is -2.11. The maximum Gasteiger partial charge on any atom is 0.331 e. The van der Waals surface area contributed by atoms with Gasteiger partial charge in [-0.3, -0.25) is 14.4 Å². The fourth-order valence-electron chi connectivity index (χ4n) is 8.96. The van der Waals surface area contributed by atoms with Crippen LogP contribution in [0.2, 0.25) is 0 Å². The van der Waals surface area contributed by atoms with Gasteiger partial charge in [0.25, 0.3) is 0 Å². The second kappa shape index (κ2) is 22.5. The lowest BCUT2D eigenvalue weighted by Crippen LogP contribution is -2.64. The highest BCUT2D eigenvalue weighted by Gasteiger charge is 2.60. The maximum absolute atomic E-state index is 13.5. The number of aliphatic hydroxyl groups excluding tert-OH is 2. The lowest BCUT2D eigenvalue weighted by Gasteiger charge is -2.54. The lowest BCUT2D eigenvalue weighted by molar-refractivity contribution is -0.352. The molecule has 0 unspecified atom stereocenters. The predicted octanol–water partition coefficient (Wildman–Crippen LogP) is 4.36. The molecule has 0 amide bonds. The topological polar surface area (TPSA) is 240 Å². The Morgan fingerprint density at radius 2 is 1.61 bits per heavy atom. The molecule has 12 atom stereocenters. The van der Waals surface area contributed by atoms with Crippen molar-refractivity contribution in [3.63, 3.8) is 0 Å². The Morgan fingerprint density at radius 3 is 2.25 bits per heavy atom. The quantitative estimate of drug-likeness (QED) is 0.0783. The largest absolute Gasteiger partial charge is 0.469 e. The molecule has 3 fully saturated rings. The number of fused-ring (bicyclic) bond motifs is 6. The van der Waals surface area contributed by atoms with Gasteiger partial charge < -0.3 is 58.3 Å². The highest BCUT2D eigenvalue weighted by atomic mass is 16.7. The standard InChI is InChI=1S/C47H70O17/c1-10-11-12-13-14-15-39(51)62-43-31(22-41(53)58-9)21-34-25-37(28(2)48)61-42(54)24-32(50)23-35-26-38(59-29(3)49)45(6,7)46(55,63-35)27-36-19-30(20-40(52)57-8)18-33(60-36)16-17-44(4,5)47(43,56)64-34/h12-17,20,28,31-38,43,48,50,55-56H,10-11,18-19,21-27H2,1-9H3/b13-12+,15-14+,17-16+,30-20+/t28-,31-,32+,33-,34-,35+,36-,37+,38-,43-,46-,47+/m0/s1. The number of cyclic esters (lactones) is 1. The Balaban J connectivity index is 1.87. The highest BCUT2D eigenvalue weighted by Crippen LogP contribution is 2.50. The van der Waals surface area contributed by atoms with Gasteiger partial charge in [0.05, 0.1) is 69.1 Å². The van der Waals surface area contributed by atoms with Crippen LogP contribution >= 0.6 is 0 Å². The summed E-state index contributed by atoms with van der Waals surface area (Å²) in [7, 11) is 2.45. The first kappa shape index (κ1) is 52.7. The van der Waals surface area contributed by atoms with E-state index in [2.05, 4.69) is 0 Å². The number of hydrogen-bond acceptors (Lipinski definition) is 17. The van der Waals surface area contributed by atoms with E-state index in [4.69, 9.17) is 37.9 Å². The Kier molecular flexibility index (Phi) is 18.5. The summed E-state index contributed by atoms with van der Waals surface area (Å²) in [6, 6.07) is 0. The molecule has 0 aromatic rings. The molecule has 4 aliphatic heterocycles. The third-order valence-electron chi connectivity index (χ3n) is 12.8. The number of allylic oxidation sites excluding steroid dienone is 3. The second-order valence-corrected chi connectivity index (χ2v) is 18.6. The zero-order valence-corrected chi connectivity index (χ0v) is 38.7. The van der Waals surface area contributed by atoms with E-state index in [1.807, 2.05) is 13.0 Å². The van der Waals surface area contributed by atoms with Crippen LogP contribution in [-0.2, 0) is 61.9 Å². The molecule has 0 aromatic heterocycles. The van der Waals surface area contributed by atoms with Gasteiger partial charge in [0.2, 0.25) is 5.79 Å². The SMILES string of the molecule is CCC/C=C/C=C/C(=O)O[C@H]1[C@H](CC(=O)OC)C[C@H]2C[C@H]([C@H](C)O)OC(=O)C[C@H](O)C[C@@H]3C[C@H](OC(C)=O)C(C)(C)[C@](O)(C[C@@H]4C/C(=C/C(=O)OC)C[C@H](/C=C/C(C)(C)[C@]1(O)O2)O4)O3. The van der Waals surface area contributed by atoms with Crippen LogP contribution in [0.5, 0.6) is 0 Å². The third kappa shape index (κ3) is 13.5. The number of ether oxygens (including phenoxy) is 8. The number of carbonyl (C=O) groups is 5. The lowest BCUT2D eigenvalue weighted by atomic mass is 9.70. The van der Waals surface area contributed by atoms with E-state index in [1.54, 1.807) is 45.9 Å². The molecule has 0 saturated carbocycles. The average molecular weight is 907 g/mol. The molecule has 0 spiro atoms. The van der Waals surface area contributed by atoms with Gasteiger partial charge in [-0.05, 0) is 32.6 Å². The summed E-state index contributed by atoms with van der Waals surface area (Å²) >= 11 is 0. The third-order valence-corrected chi connectivity index (χ3v) is 12.8. The Labute approximate surface area is 376 Å². The van der Waals surface area contributed by atoms with Crippen LogP contribution in [-0.4, -0.2) is 131 Å². The predicted molar refractivity (Wildman–Crippen MR) is 228 cm³/mol. The molecule has 3 saturated heterocycles. The number of methoxy groups -OCH3 is 2. The van der Waals surface area contributed by atoms with E-state index in [9.17, 15) is 44.4 Å². The van der Waals surface area contributed by atoms with E-state index in [0.29, 0.717) is 5.57 Å². The average Bonchev–Trinajstić information content (AvgIpc) is 3.19. The molecule has 4 N–H and O–H groups in total. The molecule has 360 valence electrons. The van der Waals surface area contributed by atoms with Gasteiger partial charge in [0.15, 0.2) is 11.9 Å². The fourth-order valence-corrected chi connectivity index (χ4v) is 8.96. The van der Waals surface area contributed by atoms with Crippen molar-refractivity contribution in [2.45, 2.75) is 186 Å². The summed E-state index contributed by atoms with van der Waals surface area (Å²) < 4.78 is 46.9. The number of esters is 5. The molecule has 17 heteroatoms. The minimum Gasteiger partial charge on any atom is -0.469 e. The zero-order valence-electron chi connectivity index (χ0n) is 38.7. The summed E-state index contributed by atoms with van der Waals surface area (Å²) in [6.07, 6.45) is 1.82. The van der Waals surface area contributed by atoms with Gasteiger partial charge in [0, 0.05) is 56.1 Å². The summed E-state index contributed by atoms with van der Waals surface area (Å²) in [5, 5.41) is 47.6. The minimum absolute atomic E-state index is 0.00442. The smallest absolute Gasteiger partial charge is 0.331 e. The van der Waals surface area contributed by atoms with Crippen molar-refractivity contribution in [3.05, 3.63) is 48.1 Å². The van der Waals surface area contributed by atoms with Crippen molar-refractivity contribution in [1.29, 1.82) is 0 Å². The number of hydrogen-bond donors (Lipinski definition) is 4.